The zero-order chi connectivity index (χ0) is 21.5. The van der Waals surface area contributed by atoms with Crippen molar-refractivity contribution >= 4 is 56.5 Å². The molecule has 0 N–H and O–H groups in total. The lowest BCUT2D eigenvalue weighted by atomic mass is 10.1. The standard InChI is InChI=1S/C26H20IN3O/c1-17-20(21-10-6-7-11-24(21)29(17)2)13-15-25-28-23-14-12-18(27)16-22(23)26(31)30(25)19-8-4-3-5-9-19/h3-16H,1-2H3/b15-13+. The highest BCUT2D eigenvalue weighted by atomic mass is 127. The quantitative estimate of drug-likeness (QED) is 0.277. The summed E-state index contributed by atoms with van der Waals surface area (Å²) in [4.78, 5) is 18.3. The first kappa shape index (κ1) is 19.8. The van der Waals surface area contributed by atoms with E-state index in [0.717, 1.165) is 14.8 Å². The molecule has 0 amide bonds. The summed E-state index contributed by atoms with van der Waals surface area (Å²) in [7, 11) is 2.07. The Morgan fingerprint density at radius 1 is 0.903 bits per heavy atom. The Hall–Kier alpha value is -3.19. The van der Waals surface area contributed by atoms with Gasteiger partial charge in [-0.15, -0.1) is 0 Å². The normalized spacial score (nSPS) is 11.7. The number of halogens is 1. The van der Waals surface area contributed by atoms with E-state index in [9.17, 15) is 4.79 Å². The van der Waals surface area contributed by atoms with Gasteiger partial charge >= 0.3 is 0 Å². The summed E-state index contributed by atoms with van der Waals surface area (Å²) in [6.07, 6.45) is 4.01. The predicted octanol–water partition coefficient (Wildman–Crippen LogP) is 5.96. The lowest BCUT2D eigenvalue weighted by Crippen LogP contribution is -2.22. The number of hydrogen-bond acceptors (Lipinski definition) is 2. The average molecular weight is 517 g/mol. The van der Waals surface area contributed by atoms with E-state index in [4.69, 9.17) is 4.98 Å². The van der Waals surface area contributed by atoms with Gasteiger partial charge in [0, 0.05) is 32.8 Å². The zero-order valence-corrected chi connectivity index (χ0v) is 19.4. The lowest BCUT2D eigenvalue weighted by molar-refractivity contribution is 0.916. The summed E-state index contributed by atoms with van der Waals surface area (Å²) < 4.78 is 4.89. The first-order valence-corrected chi connectivity index (χ1v) is 11.1. The van der Waals surface area contributed by atoms with Crippen molar-refractivity contribution in [3.8, 4) is 5.69 Å². The van der Waals surface area contributed by atoms with Crippen LogP contribution >= 0.6 is 22.6 Å². The van der Waals surface area contributed by atoms with E-state index in [1.54, 1.807) is 4.57 Å². The number of aryl methyl sites for hydroxylation is 1. The molecule has 152 valence electrons. The largest absolute Gasteiger partial charge is 0.347 e. The number of aromatic nitrogens is 3. The molecule has 0 bridgehead atoms. The van der Waals surface area contributed by atoms with E-state index >= 15 is 0 Å². The summed E-state index contributed by atoms with van der Waals surface area (Å²) in [6.45, 7) is 2.11. The van der Waals surface area contributed by atoms with Crippen molar-refractivity contribution in [2.45, 2.75) is 6.92 Å². The van der Waals surface area contributed by atoms with Crippen LogP contribution in [0.3, 0.4) is 0 Å². The molecule has 0 aliphatic rings. The fraction of sp³-hybridized carbons (Fsp3) is 0.0769. The van der Waals surface area contributed by atoms with E-state index < -0.39 is 0 Å². The Morgan fingerprint density at radius 3 is 2.45 bits per heavy atom. The molecule has 0 fully saturated rings. The second kappa shape index (κ2) is 7.81. The van der Waals surface area contributed by atoms with Crippen molar-refractivity contribution in [3.63, 3.8) is 0 Å². The Balaban J connectivity index is 1.77. The average Bonchev–Trinajstić information content (AvgIpc) is 3.03. The Morgan fingerprint density at radius 2 is 1.65 bits per heavy atom. The lowest BCUT2D eigenvalue weighted by Gasteiger charge is -2.11. The monoisotopic (exact) mass is 517 g/mol. The number of fused-ring (bicyclic) bond motifs is 2. The van der Waals surface area contributed by atoms with E-state index in [1.807, 2.05) is 54.6 Å². The first-order valence-electron chi connectivity index (χ1n) is 10.0. The Labute approximate surface area is 193 Å². The molecule has 2 heterocycles. The maximum Gasteiger partial charge on any atom is 0.266 e. The maximum atomic E-state index is 13.5. The van der Waals surface area contributed by atoms with Crippen LogP contribution in [0.25, 0.3) is 39.6 Å². The molecule has 0 radical (unpaired) electrons. The molecular weight excluding hydrogens is 497 g/mol. The van der Waals surface area contributed by atoms with Crippen LogP contribution in [0, 0.1) is 10.5 Å². The van der Waals surface area contributed by atoms with Crippen LogP contribution in [-0.2, 0) is 7.05 Å². The van der Waals surface area contributed by atoms with Gasteiger partial charge in [-0.25, -0.2) is 4.98 Å². The molecule has 3 aromatic carbocycles. The second-order valence-electron chi connectivity index (χ2n) is 7.52. The van der Waals surface area contributed by atoms with E-state index in [0.29, 0.717) is 16.7 Å². The summed E-state index contributed by atoms with van der Waals surface area (Å²) in [5.41, 5.74) is 4.92. The van der Waals surface area contributed by atoms with Crippen LogP contribution in [0.4, 0.5) is 0 Å². The van der Waals surface area contributed by atoms with Crippen molar-refractivity contribution < 1.29 is 0 Å². The molecule has 0 spiro atoms. The molecule has 0 atom stereocenters. The molecule has 0 aliphatic heterocycles. The summed E-state index contributed by atoms with van der Waals surface area (Å²) >= 11 is 2.23. The highest BCUT2D eigenvalue weighted by Gasteiger charge is 2.13. The third-order valence-corrected chi connectivity index (χ3v) is 6.39. The fourth-order valence-electron chi connectivity index (χ4n) is 4.03. The first-order chi connectivity index (χ1) is 15.0. The summed E-state index contributed by atoms with van der Waals surface area (Å²) in [5.74, 6) is 0.609. The topological polar surface area (TPSA) is 39.8 Å². The molecule has 5 rings (SSSR count). The second-order valence-corrected chi connectivity index (χ2v) is 8.76. The number of rotatable bonds is 3. The van der Waals surface area contributed by atoms with Crippen LogP contribution in [0.1, 0.15) is 17.1 Å². The number of benzene rings is 3. The van der Waals surface area contributed by atoms with Crippen molar-refractivity contribution in [1.29, 1.82) is 0 Å². The molecule has 31 heavy (non-hydrogen) atoms. The van der Waals surface area contributed by atoms with Gasteiger partial charge in [-0.05, 0) is 78.1 Å². The van der Waals surface area contributed by atoms with Gasteiger partial charge in [0.05, 0.1) is 16.6 Å². The minimum Gasteiger partial charge on any atom is -0.347 e. The van der Waals surface area contributed by atoms with Gasteiger partial charge in [0.2, 0.25) is 0 Å². The summed E-state index contributed by atoms with van der Waals surface area (Å²) in [5, 5.41) is 1.80. The van der Waals surface area contributed by atoms with Gasteiger partial charge < -0.3 is 4.57 Å². The smallest absolute Gasteiger partial charge is 0.266 e. The van der Waals surface area contributed by atoms with Crippen LogP contribution in [0.5, 0.6) is 0 Å². The molecule has 5 aromatic rings. The van der Waals surface area contributed by atoms with Crippen LogP contribution < -0.4 is 5.56 Å². The highest BCUT2D eigenvalue weighted by molar-refractivity contribution is 14.1. The molecule has 2 aromatic heterocycles. The van der Waals surface area contributed by atoms with Gasteiger partial charge in [0.15, 0.2) is 0 Å². The fourth-order valence-corrected chi connectivity index (χ4v) is 4.52. The zero-order valence-electron chi connectivity index (χ0n) is 17.2. The van der Waals surface area contributed by atoms with Crippen LogP contribution in [-0.4, -0.2) is 14.1 Å². The molecule has 0 saturated carbocycles. The van der Waals surface area contributed by atoms with Gasteiger partial charge in [-0.2, -0.15) is 0 Å². The SMILES string of the molecule is Cc1c(/C=C/c2nc3ccc(I)cc3c(=O)n2-c2ccccc2)c2ccccc2n1C. The van der Waals surface area contributed by atoms with E-state index in [-0.39, 0.29) is 5.56 Å². The maximum absolute atomic E-state index is 13.5. The van der Waals surface area contributed by atoms with Crippen molar-refractivity contribution in [1.82, 2.24) is 14.1 Å². The van der Waals surface area contributed by atoms with Crippen molar-refractivity contribution in [3.05, 3.63) is 104 Å². The molecule has 0 unspecified atom stereocenters. The predicted molar refractivity (Wildman–Crippen MR) is 137 cm³/mol. The van der Waals surface area contributed by atoms with Gasteiger partial charge in [0.1, 0.15) is 5.82 Å². The van der Waals surface area contributed by atoms with Crippen molar-refractivity contribution in [2.75, 3.05) is 0 Å². The number of hydrogen-bond donors (Lipinski definition) is 0. The molecular formula is C26H20IN3O. The van der Waals surface area contributed by atoms with Gasteiger partial charge in [0.25, 0.3) is 5.56 Å². The number of nitrogens with zero attached hydrogens (tertiary/aromatic N) is 3. The molecule has 0 saturated heterocycles. The highest BCUT2D eigenvalue weighted by Crippen LogP contribution is 2.27. The van der Waals surface area contributed by atoms with Crippen LogP contribution in [0.15, 0.2) is 77.6 Å². The minimum absolute atomic E-state index is 0.0657. The van der Waals surface area contributed by atoms with E-state index in [1.165, 1.54) is 16.6 Å². The Kier molecular flexibility index (Phi) is 4.98. The van der Waals surface area contributed by atoms with Crippen molar-refractivity contribution in [2.24, 2.45) is 7.05 Å². The van der Waals surface area contributed by atoms with Gasteiger partial charge in [-0.3, -0.25) is 9.36 Å². The third kappa shape index (κ3) is 3.39. The molecule has 5 heteroatoms. The molecule has 0 aliphatic carbocycles. The third-order valence-electron chi connectivity index (χ3n) is 5.72. The Bertz CT molecular complexity index is 1530. The summed E-state index contributed by atoms with van der Waals surface area (Å²) in [6, 6.07) is 23.8. The van der Waals surface area contributed by atoms with Crippen LogP contribution in [0.2, 0.25) is 0 Å². The van der Waals surface area contributed by atoms with Gasteiger partial charge in [-0.1, -0.05) is 36.4 Å². The minimum atomic E-state index is -0.0657. The number of para-hydroxylation sites is 2. The van der Waals surface area contributed by atoms with E-state index in [2.05, 4.69) is 71.5 Å². The molecule has 4 nitrogen and oxygen atoms in total.